The van der Waals surface area contributed by atoms with Crippen molar-refractivity contribution in [1.29, 1.82) is 0 Å². The third kappa shape index (κ3) is 2.32. The number of carbonyl (C=O) groups is 2. The van der Waals surface area contributed by atoms with E-state index in [0.717, 1.165) is 5.82 Å². The van der Waals surface area contributed by atoms with Gasteiger partial charge in [-0.1, -0.05) is 0 Å². The van der Waals surface area contributed by atoms with Gasteiger partial charge in [0.05, 0.1) is 17.6 Å². The largest absolute Gasteiger partial charge is 0.481 e. The highest BCUT2D eigenvalue weighted by Gasteiger charge is 2.58. The summed E-state index contributed by atoms with van der Waals surface area (Å²) in [4.78, 5) is 32.3. The van der Waals surface area contributed by atoms with Crippen LogP contribution in [-0.4, -0.2) is 63.2 Å². The fraction of sp³-hybridized carbons (Fsp3) is 0.400. The lowest BCUT2D eigenvalue weighted by atomic mass is 9.71. The van der Waals surface area contributed by atoms with Gasteiger partial charge in [0.2, 0.25) is 0 Å². The number of thiazole rings is 1. The molecule has 8 nitrogen and oxygen atoms in total. The zero-order valence-corrected chi connectivity index (χ0v) is 13.5. The molecule has 2 saturated heterocycles. The number of likely N-dealkylation sites (tertiary alicyclic amines) is 1. The number of hydrogen-bond acceptors (Lipinski definition) is 7. The molecule has 2 fully saturated rings. The fourth-order valence-electron chi connectivity index (χ4n) is 3.60. The maximum Gasteiger partial charge on any atom is 0.309 e. The molecule has 2 aliphatic rings. The Morgan fingerprint density at radius 2 is 2.17 bits per heavy atom. The molecule has 0 aliphatic carbocycles. The van der Waals surface area contributed by atoms with Crippen LogP contribution in [0, 0.1) is 11.3 Å². The van der Waals surface area contributed by atoms with Gasteiger partial charge in [-0.3, -0.25) is 14.6 Å². The van der Waals surface area contributed by atoms with Crippen molar-refractivity contribution < 1.29 is 14.7 Å². The lowest BCUT2D eigenvalue weighted by Crippen LogP contribution is -2.62. The average Bonchev–Trinajstić information content (AvgIpc) is 3.21. The molecule has 4 heterocycles. The van der Waals surface area contributed by atoms with E-state index in [1.165, 1.54) is 17.5 Å². The lowest BCUT2D eigenvalue weighted by Gasteiger charge is -2.50. The van der Waals surface area contributed by atoms with Crippen molar-refractivity contribution in [2.75, 3.05) is 31.1 Å². The van der Waals surface area contributed by atoms with Crippen LogP contribution in [0.2, 0.25) is 0 Å². The molecular weight excluding hydrogens is 330 g/mol. The van der Waals surface area contributed by atoms with E-state index < -0.39 is 17.3 Å². The Kier molecular flexibility index (Phi) is 3.45. The van der Waals surface area contributed by atoms with E-state index in [1.807, 2.05) is 11.0 Å². The normalized spacial score (nSPS) is 21.8. The highest BCUT2D eigenvalue weighted by molar-refractivity contribution is 7.11. The molecule has 124 valence electrons. The summed E-state index contributed by atoms with van der Waals surface area (Å²) >= 11 is 1.27. The average molecular weight is 345 g/mol. The SMILES string of the molecule is O=C(O)C1CN(C(=O)c2cncs2)CC12CN(c1cccnn1)C2. The number of aromatic nitrogens is 3. The lowest BCUT2D eigenvalue weighted by molar-refractivity contribution is -0.145. The first-order chi connectivity index (χ1) is 11.6. The number of hydrogen-bond donors (Lipinski definition) is 1. The number of nitrogens with zero attached hydrogens (tertiary/aromatic N) is 5. The summed E-state index contributed by atoms with van der Waals surface area (Å²) in [6.07, 6.45) is 3.13. The van der Waals surface area contributed by atoms with Crippen LogP contribution in [0.3, 0.4) is 0 Å². The molecule has 2 aliphatic heterocycles. The highest BCUT2D eigenvalue weighted by Crippen LogP contribution is 2.45. The molecule has 4 rings (SSSR count). The molecule has 0 radical (unpaired) electrons. The van der Waals surface area contributed by atoms with Crippen molar-refractivity contribution in [2.45, 2.75) is 0 Å². The second kappa shape index (κ2) is 5.52. The highest BCUT2D eigenvalue weighted by atomic mass is 32.1. The molecule has 24 heavy (non-hydrogen) atoms. The van der Waals surface area contributed by atoms with Gasteiger partial charge < -0.3 is 14.9 Å². The number of aliphatic carboxylic acids is 1. The molecule has 0 saturated carbocycles. The van der Waals surface area contributed by atoms with Crippen LogP contribution in [-0.2, 0) is 4.79 Å². The van der Waals surface area contributed by atoms with Crippen molar-refractivity contribution >= 4 is 29.0 Å². The number of amides is 1. The van der Waals surface area contributed by atoms with Crippen LogP contribution in [0.25, 0.3) is 0 Å². The predicted octanol–water partition coefficient (Wildman–Crippen LogP) is 0.596. The number of anilines is 1. The van der Waals surface area contributed by atoms with Gasteiger partial charge in [-0.2, -0.15) is 5.10 Å². The zero-order valence-electron chi connectivity index (χ0n) is 12.7. The number of carbonyl (C=O) groups excluding carboxylic acids is 1. The minimum absolute atomic E-state index is 0.140. The van der Waals surface area contributed by atoms with Crippen LogP contribution in [0.15, 0.2) is 30.0 Å². The Labute approximate surface area is 141 Å². The Balaban J connectivity index is 1.53. The van der Waals surface area contributed by atoms with E-state index in [9.17, 15) is 14.7 Å². The van der Waals surface area contributed by atoms with Crippen molar-refractivity contribution in [2.24, 2.45) is 11.3 Å². The van der Waals surface area contributed by atoms with Gasteiger partial charge in [0, 0.05) is 37.8 Å². The molecular formula is C15H15N5O3S. The number of carboxylic acid groups (broad SMARTS) is 1. The van der Waals surface area contributed by atoms with Gasteiger partial charge in [0.15, 0.2) is 5.82 Å². The van der Waals surface area contributed by atoms with Crippen molar-refractivity contribution in [3.05, 3.63) is 34.9 Å². The maximum absolute atomic E-state index is 12.5. The molecule has 2 aromatic rings. The summed E-state index contributed by atoms with van der Waals surface area (Å²) in [7, 11) is 0. The van der Waals surface area contributed by atoms with E-state index in [4.69, 9.17) is 0 Å². The summed E-state index contributed by atoms with van der Waals surface area (Å²) in [5.74, 6) is -0.825. The third-order valence-corrected chi connectivity index (χ3v) is 5.53. The predicted molar refractivity (Wildman–Crippen MR) is 85.8 cm³/mol. The van der Waals surface area contributed by atoms with E-state index in [2.05, 4.69) is 15.2 Å². The van der Waals surface area contributed by atoms with E-state index in [1.54, 1.807) is 22.7 Å². The molecule has 1 amide bonds. The van der Waals surface area contributed by atoms with Crippen LogP contribution >= 0.6 is 11.3 Å². The van der Waals surface area contributed by atoms with Crippen LogP contribution < -0.4 is 4.90 Å². The first-order valence-corrected chi connectivity index (χ1v) is 8.40. The van der Waals surface area contributed by atoms with Gasteiger partial charge >= 0.3 is 5.97 Å². The molecule has 2 aromatic heterocycles. The van der Waals surface area contributed by atoms with Crippen molar-refractivity contribution in [3.63, 3.8) is 0 Å². The van der Waals surface area contributed by atoms with E-state index in [-0.39, 0.29) is 12.5 Å². The minimum Gasteiger partial charge on any atom is -0.481 e. The Bertz CT molecular complexity index is 761. The van der Waals surface area contributed by atoms with Gasteiger partial charge in [-0.15, -0.1) is 16.4 Å². The zero-order chi connectivity index (χ0) is 16.7. The van der Waals surface area contributed by atoms with Crippen LogP contribution in [0.5, 0.6) is 0 Å². The van der Waals surface area contributed by atoms with Crippen molar-refractivity contribution in [1.82, 2.24) is 20.1 Å². The van der Waals surface area contributed by atoms with Gasteiger partial charge in [0.25, 0.3) is 5.91 Å². The van der Waals surface area contributed by atoms with Gasteiger partial charge in [-0.25, -0.2) is 0 Å². The Hall–Kier alpha value is -2.55. The summed E-state index contributed by atoms with van der Waals surface area (Å²) in [6, 6.07) is 3.65. The number of rotatable bonds is 3. The van der Waals surface area contributed by atoms with E-state index in [0.29, 0.717) is 24.5 Å². The minimum atomic E-state index is -0.853. The smallest absolute Gasteiger partial charge is 0.309 e. The summed E-state index contributed by atoms with van der Waals surface area (Å²) < 4.78 is 0. The molecule has 1 atom stereocenters. The first-order valence-electron chi connectivity index (χ1n) is 7.52. The number of carboxylic acids is 1. The second-order valence-corrected chi connectivity index (χ2v) is 7.13. The third-order valence-electron chi connectivity index (χ3n) is 4.77. The van der Waals surface area contributed by atoms with Crippen molar-refractivity contribution in [3.8, 4) is 0 Å². The standard InChI is InChI=1S/C15H15N5O3S/c21-13(11-4-16-9-24-11)19-5-10(14(22)23)15(6-19)7-20(8-15)12-2-1-3-17-18-12/h1-4,9-10H,5-8H2,(H,22,23). The molecule has 1 spiro atoms. The molecule has 1 N–H and O–H groups in total. The molecule has 1 unspecified atom stereocenters. The first kappa shape index (κ1) is 15.0. The maximum atomic E-state index is 12.5. The van der Waals surface area contributed by atoms with Crippen LogP contribution in [0.4, 0.5) is 5.82 Å². The fourth-order valence-corrected chi connectivity index (χ4v) is 4.19. The topological polar surface area (TPSA) is 99.5 Å². The second-order valence-electron chi connectivity index (χ2n) is 6.24. The van der Waals surface area contributed by atoms with Gasteiger partial charge in [0.1, 0.15) is 4.88 Å². The molecule has 0 aromatic carbocycles. The van der Waals surface area contributed by atoms with E-state index >= 15 is 0 Å². The van der Waals surface area contributed by atoms with Crippen LogP contribution in [0.1, 0.15) is 9.67 Å². The summed E-state index contributed by atoms with van der Waals surface area (Å²) in [5, 5.41) is 17.5. The molecule has 0 bridgehead atoms. The summed E-state index contributed by atoms with van der Waals surface area (Å²) in [6.45, 7) is 1.81. The Morgan fingerprint density at radius 3 is 2.79 bits per heavy atom. The summed E-state index contributed by atoms with van der Waals surface area (Å²) in [5.41, 5.74) is 1.18. The Morgan fingerprint density at radius 1 is 1.33 bits per heavy atom. The molecule has 9 heteroatoms. The quantitative estimate of drug-likeness (QED) is 0.869. The van der Waals surface area contributed by atoms with Gasteiger partial charge in [-0.05, 0) is 12.1 Å². The monoisotopic (exact) mass is 345 g/mol.